The molecule has 3 N–H and O–H groups in total. The molecule has 2 nitrogen and oxygen atoms in total. The van der Waals surface area contributed by atoms with Gasteiger partial charge in [0.05, 0.1) is 11.4 Å². The Morgan fingerprint density at radius 2 is 2.20 bits per heavy atom. The molecule has 1 aromatic rings. The lowest BCUT2D eigenvalue weighted by atomic mass is 9.83. The number of rotatable bonds is 4. The van der Waals surface area contributed by atoms with Gasteiger partial charge in [0.1, 0.15) is 0 Å². The van der Waals surface area contributed by atoms with E-state index in [0.29, 0.717) is 0 Å². The van der Waals surface area contributed by atoms with Crippen LogP contribution in [0.3, 0.4) is 0 Å². The van der Waals surface area contributed by atoms with Crippen LogP contribution in [0.2, 0.25) is 0 Å². The maximum Gasteiger partial charge on any atom is 0.0579 e. The van der Waals surface area contributed by atoms with E-state index in [1.165, 1.54) is 25.7 Å². The summed E-state index contributed by atoms with van der Waals surface area (Å²) in [5.74, 6) is 0.962. The van der Waals surface area contributed by atoms with E-state index in [1.807, 2.05) is 13.0 Å². The number of benzene rings is 1. The molecule has 1 fully saturated rings. The molecule has 0 heterocycles. The molecule has 2 rings (SSSR count). The van der Waals surface area contributed by atoms with Crippen LogP contribution in [0.25, 0.3) is 0 Å². The Labute approximate surface area is 91.9 Å². The highest BCUT2D eigenvalue weighted by molar-refractivity contribution is 5.69. The molecule has 0 saturated heterocycles. The maximum atomic E-state index is 5.98. The van der Waals surface area contributed by atoms with Gasteiger partial charge in [-0.1, -0.05) is 31.4 Å². The first kappa shape index (κ1) is 10.3. The number of hydrogen-bond acceptors (Lipinski definition) is 2. The molecule has 0 atom stereocenters. The van der Waals surface area contributed by atoms with Crippen molar-refractivity contribution in [3.63, 3.8) is 0 Å². The topological polar surface area (TPSA) is 38.0 Å². The zero-order valence-electron chi connectivity index (χ0n) is 9.42. The first-order valence-corrected chi connectivity index (χ1v) is 5.86. The van der Waals surface area contributed by atoms with Crippen LogP contribution in [-0.2, 0) is 0 Å². The Kier molecular flexibility index (Phi) is 3.14. The lowest BCUT2D eigenvalue weighted by molar-refractivity contribution is 0.303. The molecule has 0 bridgehead atoms. The summed E-state index contributed by atoms with van der Waals surface area (Å²) in [5.41, 5.74) is 9.13. The van der Waals surface area contributed by atoms with E-state index in [1.54, 1.807) is 0 Å². The number of para-hydroxylation sites is 1. The molecule has 0 spiro atoms. The minimum Gasteiger partial charge on any atom is -0.397 e. The van der Waals surface area contributed by atoms with E-state index < -0.39 is 0 Å². The first-order valence-electron chi connectivity index (χ1n) is 5.86. The third-order valence-corrected chi connectivity index (χ3v) is 3.42. The van der Waals surface area contributed by atoms with Crippen molar-refractivity contribution in [2.75, 3.05) is 17.6 Å². The Hall–Kier alpha value is -1.18. The van der Waals surface area contributed by atoms with Crippen LogP contribution in [0.1, 0.15) is 31.2 Å². The van der Waals surface area contributed by atoms with Gasteiger partial charge in [-0.15, -0.1) is 0 Å². The maximum absolute atomic E-state index is 5.98. The smallest absolute Gasteiger partial charge is 0.0579 e. The van der Waals surface area contributed by atoms with Crippen molar-refractivity contribution in [1.82, 2.24) is 0 Å². The number of anilines is 2. The van der Waals surface area contributed by atoms with E-state index in [-0.39, 0.29) is 0 Å². The highest BCUT2D eigenvalue weighted by Crippen LogP contribution is 2.29. The van der Waals surface area contributed by atoms with Gasteiger partial charge in [0.15, 0.2) is 0 Å². The van der Waals surface area contributed by atoms with Crippen LogP contribution in [0, 0.1) is 12.8 Å². The molecule has 1 aromatic carbocycles. The summed E-state index contributed by atoms with van der Waals surface area (Å²) in [7, 11) is 0. The molecule has 0 amide bonds. The second-order valence-electron chi connectivity index (χ2n) is 4.55. The molecule has 1 saturated carbocycles. The summed E-state index contributed by atoms with van der Waals surface area (Å²) in [5, 5.41) is 3.43. The largest absolute Gasteiger partial charge is 0.397 e. The molecule has 0 radical (unpaired) electrons. The molecular weight excluding hydrogens is 184 g/mol. The van der Waals surface area contributed by atoms with E-state index in [4.69, 9.17) is 5.73 Å². The number of aryl methyl sites for hydroxylation is 1. The minimum absolute atomic E-state index is 0.895. The van der Waals surface area contributed by atoms with Gasteiger partial charge >= 0.3 is 0 Å². The fraction of sp³-hybridized carbons (Fsp3) is 0.538. The summed E-state index contributed by atoms with van der Waals surface area (Å²) < 4.78 is 0. The number of nitrogen functional groups attached to an aromatic ring is 1. The quantitative estimate of drug-likeness (QED) is 0.739. The highest BCUT2D eigenvalue weighted by Gasteiger charge is 2.16. The zero-order chi connectivity index (χ0) is 10.7. The van der Waals surface area contributed by atoms with Gasteiger partial charge < -0.3 is 11.1 Å². The Morgan fingerprint density at radius 1 is 1.40 bits per heavy atom. The van der Waals surface area contributed by atoms with Crippen molar-refractivity contribution >= 4 is 11.4 Å². The summed E-state index contributed by atoms with van der Waals surface area (Å²) in [6.45, 7) is 3.10. The van der Waals surface area contributed by atoms with Crippen LogP contribution < -0.4 is 11.1 Å². The molecule has 1 aliphatic rings. The first-order chi connectivity index (χ1) is 7.27. The van der Waals surface area contributed by atoms with Crippen molar-refractivity contribution in [3.8, 4) is 0 Å². The SMILES string of the molecule is Cc1cccc(NCCC2CCC2)c1N. The number of nitrogens with one attached hydrogen (secondary N) is 1. The Balaban J connectivity index is 1.84. The van der Waals surface area contributed by atoms with Crippen LogP contribution in [0.5, 0.6) is 0 Å². The van der Waals surface area contributed by atoms with Gasteiger partial charge in [-0.25, -0.2) is 0 Å². The molecule has 0 unspecified atom stereocenters. The van der Waals surface area contributed by atoms with Crippen molar-refractivity contribution in [2.24, 2.45) is 5.92 Å². The third kappa shape index (κ3) is 2.44. The van der Waals surface area contributed by atoms with Crippen LogP contribution >= 0.6 is 0 Å². The van der Waals surface area contributed by atoms with Crippen LogP contribution in [0.15, 0.2) is 18.2 Å². The van der Waals surface area contributed by atoms with Gasteiger partial charge in [-0.05, 0) is 30.9 Å². The molecular formula is C13H20N2. The predicted octanol–water partition coefficient (Wildman–Crippen LogP) is 3.18. The molecule has 15 heavy (non-hydrogen) atoms. The van der Waals surface area contributed by atoms with E-state index >= 15 is 0 Å². The average molecular weight is 204 g/mol. The number of hydrogen-bond donors (Lipinski definition) is 2. The highest BCUT2D eigenvalue weighted by atomic mass is 14.9. The van der Waals surface area contributed by atoms with Gasteiger partial charge in [-0.2, -0.15) is 0 Å². The van der Waals surface area contributed by atoms with E-state index in [9.17, 15) is 0 Å². The van der Waals surface area contributed by atoms with Crippen molar-refractivity contribution < 1.29 is 0 Å². The molecule has 2 heteroatoms. The summed E-state index contributed by atoms with van der Waals surface area (Å²) in [6.07, 6.45) is 5.56. The van der Waals surface area contributed by atoms with Crippen molar-refractivity contribution in [3.05, 3.63) is 23.8 Å². The summed E-state index contributed by atoms with van der Waals surface area (Å²) in [6, 6.07) is 6.16. The van der Waals surface area contributed by atoms with Gasteiger partial charge in [0.25, 0.3) is 0 Å². The Morgan fingerprint density at radius 3 is 2.87 bits per heavy atom. The second kappa shape index (κ2) is 4.56. The second-order valence-corrected chi connectivity index (χ2v) is 4.55. The molecule has 1 aliphatic carbocycles. The number of nitrogens with two attached hydrogens (primary N) is 1. The molecule has 0 aromatic heterocycles. The fourth-order valence-electron chi connectivity index (χ4n) is 2.03. The average Bonchev–Trinajstić information content (AvgIpc) is 2.16. The summed E-state index contributed by atoms with van der Waals surface area (Å²) >= 11 is 0. The monoisotopic (exact) mass is 204 g/mol. The van der Waals surface area contributed by atoms with Crippen LogP contribution in [0.4, 0.5) is 11.4 Å². The zero-order valence-corrected chi connectivity index (χ0v) is 9.42. The van der Waals surface area contributed by atoms with E-state index in [0.717, 1.165) is 29.4 Å². The van der Waals surface area contributed by atoms with E-state index in [2.05, 4.69) is 17.4 Å². The third-order valence-electron chi connectivity index (χ3n) is 3.42. The lowest BCUT2D eigenvalue weighted by Crippen LogP contribution is -2.16. The van der Waals surface area contributed by atoms with Gasteiger partial charge in [0.2, 0.25) is 0 Å². The Bertz CT molecular complexity index is 329. The standard InChI is InChI=1S/C13H20N2/c1-10-4-2-7-12(13(10)14)15-9-8-11-5-3-6-11/h2,4,7,11,15H,3,5-6,8-9,14H2,1H3. The lowest BCUT2D eigenvalue weighted by Gasteiger charge is -2.25. The van der Waals surface area contributed by atoms with Crippen molar-refractivity contribution in [1.29, 1.82) is 0 Å². The fourth-order valence-corrected chi connectivity index (χ4v) is 2.03. The van der Waals surface area contributed by atoms with Crippen molar-refractivity contribution in [2.45, 2.75) is 32.6 Å². The molecule has 0 aliphatic heterocycles. The van der Waals surface area contributed by atoms with Gasteiger partial charge in [-0.3, -0.25) is 0 Å². The predicted molar refractivity (Wildman–Crippen MR) is 66.0 cm³/mol. The normalized spacial score (nSPS) is 16.1. The van der Waals surface area contributed by atoms with Crippen LogP contribution in [-0.4, -0.2) is 6.54 Å². The van der Waals surface area contributed by atoms with Gasteiger partial charge in [0, 0.05) is 6.54 Å². The summed E-state index contributed by atoms with van der Waals surface area (Å²) in [4.78, 5) is 0. The molecule has 82 valence electrons. The minimum atomic E-state index is 0.895.